The lowest BCUT2D eigenvalue weighted by Gasteiger charge is -2.14. The SMILES string of the molecule is COc1cc(-c2nccc3[nH]c(-c4cccc5[nH]ccc45)nc23)cc(OC)c1OC. The molecule has 5 aromatic rings. The molecule has 0 saturated heterocycles. The Balaban J connectivity index is 1.71. The molecule has 0 atom stereocenters. The van der Waals surface area contributed by atoms with E-state index in [1.807, 2.05) is 36.5 Å². The first-order valence-corrected chi connectivity index (χ1v) is 9.45. The summed E-state index contributed by atoms with van der Waals surface area (Å²) in [6.45, 7) is 0. The zero-order chi connectivity index (χ0) is 20.7. The zero-order valence-corrected chi connectivity index (χ0v) is 16.8. The van der Waals surface area contributed by atoms with Gasteiger partial charge in [-0.25, -0.2) is 4.98 Å². The topological polar surface area (TPSA) is 85.1 Å². The summed E-state index contributed by atoms with van der Waals surface area (Å²) in [5.74, 6) is 2.46. The van der Waals surface area contributed by atoms with Crippen LogP contribution in [0, 0.1) is 0 Å². The van der Waals surface area contributed by atoms with Crippen molar-refractivity contribution >= 4 is 21.9 Å². The van der Waals surface area contributed by atoms with Crippen molar-refractivity contribution in [3.05, 3.63) is 54.9 Å². The van der Waals surface area contributed by atoms with Crippen molar-refractivity contribution in [2.24, 2.45) is 0 Å². The van der Waals surface area contributed by atoms with E-state index in [1.54, 1.807) is 27.5 Å². The van der Waals surface area contributed by atoms with Crippen molar-refractivity contribution in [1.82, 2.24) is 19.9 Å². The molecule has 0 bridgehead atoms. The van der Waals surface area contributed by atoms with Crippen LogP contribution in [-0.4, -0.2) is 41.3 Å². The fourth-order valence-electron chi connectivity index (χ4n) is 3.78. The van der Waals surface area contributed by atoms with Crippen molar-refractivity contribution in [3.63, 3.8) is 0 Å². The molecule has 0 aliphatic carbocycles. The number of H-pyrrole nitrogens is 2. The van der Waals surface area contributed by atoms with Crippen LogP contribution in [0.1, 0.15) is 0 Å². The third-order valence-corrected chi connectivity index (χ3v) is 5.19. The van der Waals surface area contributed by atoms with Crippen molar-refractivity contribution < 1.29 is 14.2 Å². The molecule has 2 aromatic carbocycles. The highest BCUT2D eigenvalue weighted by Crippen LogP contribution is 2.42. The maximum Gasteiger partial charge on any atom is 0.203 e. The fourth-order valence-corrected chi connectivity index (χ4v) is 3.78. The average Bonchev–Trinajstić information content (AvgIpc) is 3.44. The lowest BCUT2D eigenvalue weighted by atomic mass is 10.1. The minimum Gasteiger partial charge on any atom is -0.493 e. The summed E-state index contributed by atoms with van der Waals surface area (Å²) in [6, 6.07) is 13.8. The van der Waals surface area contributed by atoms with E-state index in [0.29, 0.717) is 17.2 Å². The van der Waals surface area contributed by atoms with Crippen LogP contribution in [-0.2, 0) is 0 Å². The number of pyridine rings is 1. The van der Waals surface area contributed by atoms with Crippen molar-refractivity contribution in [3.8, 4) is 39.9 Å². The van der Waals surface area contributed by atoms with E-state index in [4.69, 9.17) is 19.2 Å². The molecule has 150 valence electrons. The Hall–Kier alpha value is -4.00. The molecule has 3 aromatic heterocycles. The molecule has 7 nitrogen and oxygen atoms in total. The lowest BCUT2D eigenvalue weighted by Crippen LogP contribution is -1.96. The summed E-state index contributed by atoms with van der Waals surface area (Å²) in [5.41, 5.74) is 5.32. The largest absolute Gasteiger partial charge is 0.493 e. The molecule has 0 fully saturated rings. The Kier molecular flexibility index (Phi) is 4.28. The molecule has 0 spiro atoms. The third kappa shape index (κ3) is 2.75. The summed E-state index contributed by atoms with van der Waals surface area (Å²) < 4.78 is 16.4. The Morgan fingerprint density at radius 2 is 1.67 bits per heavy atom. The van der Waals surface area contributed by atoms with Gasteiger partial charge in [-0.1, -0.05) is 12.1 Å². The summed E-state index contributed by atoms with van der Waals surface area (Å²) in [7, 11) is 4.78. The molecule has 0 amide bonds. The number of hydrogen-bond acceptors (Lipinski definition) is 5. The number of nitrogens with zero attached hydrogens (tertiary/aromatic N) is 2. The predicted octanol–water partition coefficient (Wildman–Crippen LogP) is 4.80. The Morgan fingerprint density at radius 1 is 0.867 bits per heavy atom. The van der Waals surface area contributed by atoms with Crippen LogP contribution in [0.5, 0.6) is 17.2 Å². The number of benzene rings is 2. The number of rotatable bonds is 5. The molecule has 0 radical (unpaired) electrons. The molecular formula is C23H20N4O3. The molecule has 0 aliphatic heterocycles. The lowest BCUT2D eigenvalue weighted by molar-refractivity contribution is 0.324. The molecule has 0 aliphatic rings. The van der Waals surface area contributed by atoms with Crippen molar-refractivity contribution in [2.45, 2.75) is 0 Å². The number of ether oxygens (including phenoxy) is 3. The normalized spacial score (nSPS) is 11.2. The van der Waals surface area contributed by atoms with Gasteiger partial charge >= 0.3 is 0 Å². The maximum absolute atomic E-state index is 5.50. The number of imidazole rings is 1. The smallest absolute Gasteiger partial charge is 0.203 e. The van der Waals surface area contributed by atoms with Gasteiger partial charge < -0.3 is 24.2 Å². The number of methoxy groups -OCH3 is 3. The van der Waals surface area contributed by atoms with Crippen molar-refractivity contribution in [2.75, 3.05) is 21.3 Å². The predicted molar refractivity (Wildman–Crippen MR) is 116 cm³/mol. The second kappa shape index (κ2) is 7.11. The average molecular weight is 400 g/mol. The summed E-state index contributed by atoms with van der Waals surface area (Å²) in [6.07, 6.45) is 3.69. The molecule has 2 N–H and O–H groups in total. The molecule has 3 heterocycles. The van der Waals surface area contributed by atoms with Crippen LogP contribution in [0.4, 0.5) is 0 Å². The standard InChI is InChI=1S/C23H20N4O3/c1-28-18-11-13(12-19(29-2)22(18)30-3)20-21-17(8-10-25-20)26-23(27-21)15-5-4-6-16-14(15)7-9-24-16/h4-12,24H,1-3H3,(H,26,27). The summed E-state index contributed by atoms with van der Waals surface area (Å²) >= 11 is 0. The van der Waals surface area contributed by atoms with Crippen LogP contribution in [0.2, 0.25) is 0 Å². The van der Waals surface area contributed by atoms with Gasteiger partial charge in [-0.05, 0) is 30.3 Å². The Morgan fingerprint density at radius 3 is 2.40 bits per heavy atom. The second-order valence-corrected chi connectivity index (χ2v) is 6.80. The van der Waals surface area contributed by atoms with E-state index in [-0.39, 0.29) is 0 Å². The molecule has 30 heavy (non-hydrogen) atoms. The number of aromatic amines is 2. The highest BCUT2D eigenvalue weighted by atomic mass is 16.5. The molecular weight excluding hydrogens is 380 g/mol. The first-order chi connectivity index (χ1) is 14.7. The number of aromatic nitrogens is 4. The maximum atomic E-state index is 5.50. The summed E-state index contributed by atoms with van der Waals surface area (Å²) in [4.78, 5) is 16.2. The van der Waals surface area contributed by atoms with E-state index in [1.165, 1.54) is 0 Å². The number of nitrogens with one attached hydrogen (secondary N) is 2. The van der Waals surface area contributed by atoms with Gasteiger partial charge in [0.15, 0.2) is 11.5 Å². The minimum absolute atomic E-state index is 0.540. The zero-order valence-electron chi connectivity index (χ0n) is 16.8. The van der Waals surface area contributed by atoms with E-state index >= 15 is 0 Å². The fraction of sp³-hybridized carbons (Fsp3) is 0.130. The monoisotopic (exact) mass is 400 g/mol. The van der Waals surface area contributed by atoms with Crippen LogP contribution in [0.3, 0.4) is 0 Å². The molecule has 0 saturated carbocycles. The first-order valence-electron chi connectivity index (χ1n) is 9.45. The second-order valence-electron chi connectivity index (χ2n) is 6.80. The van der Waals surface area contributed by atoms with Crippen LogP contribution < -0.4 is 14.2 Å². The molecule has 7 heteroatoms. The van der Waals surface area contributed by atoms with E-state index in [0.717, 1.165) is 44.6 Å². The summed E-state index contributed by atoms with van der Waals surface area (Å²) in [5, 5.41) is 1.11. The van der Waals surface area contributed by atoms with Gasteiger partial charge in [-0.15, -0.1) is 0 Å². The van der Waals surface area contributed by atoms with Crippen LogP contribution in [0.15, 0.2) is 54.9 Å². The third-order valence-electron chi connectivity index (χ3n) is 5.19. The highest BCUT2D eigenvalue weighted by Gasteiger charge is 2.18. The number of hydrogen-bond donors (Lipinski definition) is 2. The first kappa shape index (κ1) is 18.1. The van der Waals surface area contributed by atoms with Gasteiger partial charge in [0, 0.05) is 34.4 Å². The van der Waals surface area contributed by atoms with Crippen molar-refractivity contribution in [1.29, 1.82) is 0 Å². The van der Waals surface area contributed by atoms with Gasteiger partial charge in [0.2, 0.25) is 5.75 Å². The molecule has 5 rings (SSSR count). The van der Waals surface area contributed by atoms with Gasteiger partial charge in [0.1, 0.15) is 11.3 Å². The van der Waals surface area contributed by atoms with Gasteiger partial charge in [0.25, 0.3) is 0 Å². The Bertz CT molecular complexity index is 1340. The highest BCUT2D eigenvalue weighted by molar-refractivity contribution is 5.97. The van der Waals surface area contributed by atoms with Gasteiger partial charge in [0.05, 0.1) is 32.5 Å². The van der Waals surface area contributed by atoms with E-state index < -0.39 is 0 Å². The molecule has 0 unspecified atom stereocenters. The van der Waals surface area contributed by atoms with E-state index in [2.05, 4.69) is 27.1 Å². The number of fused-ring (bicyclic) bond motifs is 2. The van der Waals surface area contributed by atoms with Crippen LogP contribution >= 0.6 is 0 Å². The van der Waals surface area contributed by atoms with Gasteiger partial charge in [-0.2, -0.15) is 0 Å². The van der Waals surface area contributed by atoms with E-state index in [9.17, 15) is 0 Å². The van der Waals surface area contributed by atoms with Crippen LogP contribution in [0.25, 0.3) is 44.6 Å². The van der Waals surface area contributed by atoms with Gasteiger partial charge in [-0.3, -0.25) is 4.98 Å². The quantitative estimate of drug-likeness (QED) is 0.443. The minimum atomic E-state index is 0.540. The Labute approximate surface area is 172 Å².